The molecule has 0 aliphatic carbocycles. The molecule has 2 atom stereocenters. The summed E-state index contributed by atoms with van der Waals surface area (Å²) in [5, 5.41) is 4.81. The zero-order valence-electron chi connectivity index (χ0n) is 9.90. The van der Waals surface area contributed by atoms with Gasteiger partial charge in [0, 0.05) is 45.3 Å². The fourth-order valence-corrected chi connectivity index (χ4v) is 3.13. The highest BCUT2D eigenvalue weighted by Gasteiger charge is 2.43. The number of fused-ring (bicyclic) bond motifs is 1. The molecular formula is C11H23N3. The molecule has 82 valence electrons. The minimum Gasteiger partial charge on any atom is -0.296 e. The molecule has 2 aliphatic rings. The lowest BCUT2D eigenvalue weighted by Crippen LogP contribution is -2.44. The highest BCUT2D eigenvalue weighted by molar-refractivity contribution is 4.98. The molecule has 0 aromatic carbocycles. The van der Waals surface area contributed by atoms with Crippen molar-refractivity contribution in [2.24, 2.45) is 0 Å². The third-order valence-electron chi connectivity index (χ3n) is 3.77. The van der Waals surface area contributed by atoms with Gasteiger partial charge in [-0.1, -0.05) is 0 Å². The third-order valence-corrected chi connectivity index (χ3v) is 3.77. The van der Waals surface area contributed by atoms with Crippen LogP contribution in [-0.4, -0.2) is 60.2 Å². The van der Waals surface area contributed by atoms with Crippen LogP contribution in [0.4, 0.5) is 0 Å². The molecule has 0 aromatic rings. The SMILES string of the molecule is CC(C)N1CCC2C1CCN2N(C)C. The van der Waals surface area contributed by atoms with Crippen molar-refractivity contribution in [3.63, 3.8) is 0 Å². The van der Waals surface area contributed by atoms with Crippen molar-refractivity contribution < 1.29 is 0 Å². The summed E-state index contributed by atoms with van der Waals surface area (Å²) in [6, 6.07) is 2.32. The molecule has 0 spiro atoms. The first-order valence-corrected chi connectivity index (χ1v) is 5.81. The largest absolute Gasteiger partial charge is 0.296 e. The van der Waals surface area contributed by atoms with E-state index in [1.165, 1.54) is 25.9 Å². The smallest absolute Gasteiger partial charge is 0.0414 e. The van der Waals surface area contributed by atoms with E-state index in [1.54, 1.807) is 0 Å². The highest BCUT2D eigenvalue weighted by Crippen LogP contribution is 2.32. The summed E-state index contributed by atoms with van der Waals surface area (Å²) in [6.07, 6.45) is 2.70. The molecular weight excluding hydrogens is 174 g/mol. The van der Waals surface area contributed by atoms with E-state index in [-0.39, 0.29) is 0 Å². The van der Waals surface area contributed by atoms with Gasteiger partial charge in [-0.15, -0.1) is 0 Å². The van der Waals surface area contributed by atoms with Crippen molar-refractivity contribution in [1.82, 2.24) is 14.9 Å². The first-order valence-electron chi connectivity index (χ1n) is 5.81. The van der Waals surface area contributed by atoms with E-state index in [4.69, 9.17) is 0 Å². The average molecular weight is 197 g/mol. The van der Waals surface area contributed by atoms with Crippen molar-refractivity contribution in [1.29, 1.82) is 0 Å². The quantitative estimate of drug-likeness (QED) is 0.654. The fraction of sp³-hybridized carbons (Fsp3) is 1.00. The Morgan fingerprint density at radius 2 is 1.71 bits per heavy atom. The first kappa shape index (κ1) is 10.4. The van der Waals surface area contributed by atoms with Crippen LogP contribution in [0.1, 0.15) is 26.7 Å². The van der Waals surface area contributed by atoms with E-state index >= 15 is 0 Å². The Hall–Kier alpha value is -0.120. The minimum absolute atomic E-state index is 0.715. The molecule has 3 nitrogen and oxygen atoms in total. The summed E-state index contributed by atoms with van der Waals surface area (Å²) in [5.41, 5.74) is 0. The molecule has 0 bridgehead atoms. The monoisotopic (exact) mass is 197 g/mol. The van der Waals surface area contributed by atoms with Crippen LogP contribution in [0.5, 0.6) is 0 Å². The molecule has 2 unspecified atom stereocenters. The molecule has 2 aliphatic heterocycles. The topological polar surface area (TPSA) is 9.72 Å². The molecule has 2 fully saturated rings. The van der Waals surface area contributed by atoms with E-state index in [0.29, 0.717) is 6.04 Å². The Morgan fingerprint density at radius 3 is 2.29 bits per heavy atom. The molecule has 3 heteroatoms. The maximum absolute atomic E-state index is 2.67. The minimum atomic E-state index is 0.715. The molecule has 14 heavy (non-hydrogen) atoms. The van der Waals surface area contributed by atoms with Crippen LogP contribution in [0.3, 0.4) is 0 Å². The summed E-state index contributed by atoms with van der Waals surface area (Å²) in [4.78, 5) is 2.67. The second kappa shape index (κ2) is 3.80. The van der Waals surface area contributed by atoms with Gasteiger partial charge in [0.1, 0.15) is 0 Å². The Morgan fingerprint density at radius 1 is 1.07 bits per heavy atom. The lowest BCUT2D eigenvalue weighted by atomic mass is 10.1. The number of rotatable bonds is 2. The predicted molar refractivity (Wildman–Crippen MR) is 59.0 cm³/mol. The Bertz CT molecular complexity index is 181. The van der Waals surface area contributed by atoms with E-state index in [0.717, 1.165) is 12.1 Å². The van der Waals surface area contributed by atoms with E-state index in [9.17, 15) is 0 Å². The zero-order valence-corrected chi connectivity index (χ0v) is 9.90. The van der Waals surface area contributed by atoms with Crippen LogP contribution in [0.2, 0.25) is 0 Å². The molecule has 0 aromatic heterocycles. The predicted octanol–water partition coefficient (Wildman–Crippen LogP) is 1.02. The van der Waals surface area contributed by atoms with E-state index < -0.39 is 0 Å². The van der Waals surface area contributed by atoms with Crippen molar-refractivity contribution in [2.75, 3.05) is 27.2 Å². The van der Waals surface area contributed by atoms with Crippen LogP contribution in [0.15, 0.2) is 0 Å². The number of hydrazine groups is 1. The first-order chi connectivity index (χ1) is 6.61. The van der Waals surface area contributed by atoms with Crippen molar-refractivity contribution in [3.05, 3.63) is 0 Å². The summed E-state index contributed by atoms with van der Waals surface area (Å²) in [5.74, 6) is 0. The Labute approximate surface area is 87.6 Å². The van der Waals surface area contributed by atoms with Crippen molar-refractivity contribution in [3.8, 4) is 0 Å². The van der Waals surface area contributed by atoms with Crippen LogP contribution in [0.25, 0.3) is 0 Å². The van der Waals surface area contributed by atoms with Gasteiger partial charge >= 0.3 is 0 Å². The standard InChI is InChI=1S/C11H23N3/c1-9(2)13-7-5-11-10(13)6-8-14(11)12(3)4/h9-11H,5-8H2,1-4H3. The highest BCUT2D eigenvalue weighted by atomic mass is 15.6. The summed E-state index contributed by atoms with van der Waals surface area (Å²) < 4.78 is 0. The molecule has 2 rings (SSSR count). The fourth-order valence-electron chi connectivity index (χ4n) is 3.13. The molecule has 2 heterocycles. The third kappa shape index (κ3) is 1.58. The number of hydrogen-bond donors (Lipinski definition) is 0. The van der Waals surface area contributed by atoms with Gasteiger partial charge in [0.15, 0.2) is 0 Å². The van der Waals surface area contributed by atoms with Crippen molar-refractivity contribution >= 4 is 0 Å². The Balaban J connectivity index is 2.04. The van der Waals surface area contributed by atoms with Gasteiger partial charge in [0.25, 0.3) is 0 Å². The van der Waals surface area contributed by atoms with Crippen LogP contribution >= 0.6 is 0 Å². The molecule has 0 saturated carbocycles. The maximum Gasteiger partial charge on any atom is 0.0414 e. The average Bonchev–Trinajstić information content (AvgIpc) is 2.59. The Kier molecular flexibility index (Phi) is 2.82. The molecule has 2 saturated heterocycles. The summed E-state index contributed by atoms with van der Waals surface area (Å²) >= 11 is 0. The van der Waals surface area contributed by atoms with Gasteiger partial charge in [-0.05, 0) is 26.7 Å². The van der Waals surface area contributed by atoms with E-state index in [1.807, 2.05) is 0 Å². The van der Waals surface area contributed by atoms with Gasteiger partial charge in [-0.2, -0.15) is 0 Å². The van der Waals surface area contributed by atoms with Crippen LogP contribution in [0, 0.1) is 0 Å². The molecule has 0 radical (unpaired) electrons. The lowest BCUT2D eigenvalue weighted by molar-refractivity contribution is 0.0100. The number of nitrogens with zero attached hydrogens (tertiary/aromatic N) is 3. The van der Waals surface area contributed by atoms with Gasteiger partial charge in [-0.3, -0.25) is 4.90 Å². The lowest BCUT2D eigenvalue weighted by Gasteiger charge is -2.31. The van der Waals surface area contributed by atoms with Gasteiger partial charge < -0.3 is 0 Å². The van der Waals surface area contributed by atoms with Crippen molar-refractivity contribution in [2.45, 2.75) is 44.8 Å². The van der Waals surface area contributed by atoms with Gasteiger partial charge in [0.2, 0.25) is 0 Å². The second-order valence-electron chi connectivity index (χ2n) is 5.05. The summed E-state index contributed by atoms with van der Waals surface area (Å²) in [6.45, 7) is 7.17. The maximum atomic E-state index is 2.67. The second-order valence-corrected chi connectivity index (χ2v) is 5.05. The summed E-state index contributed by atoms with van der Waals surface area (Å²) in [7, 11) is 4.33. The van der Waals surface area contributed by atoms with Crippen LogP contribution < -0.4 is 0 Å². The van der Waals surface area contributed by atoms with E-state index in [2.05, 4.69) is 42.9 Å². The molecule has 0 N–H and O–H groups in total. The normalized spacial score (nSPS) is 34.7. The zero-order chi connectivity index (χ0) is 10.3. The number of likely N-dealkylation sites (tertiary alicyclic amines) is 1. The number of hydrogen-bond acceptors (Lipinski definition) is 3. The van der Waals surface area contributed by atoms with Gasteiger partial charge in [-0.25, -0.2) is 10.0 Å². The molecule has 0 amide bonds. The van der Waals surface area contributed by atoms with Crippen LogP contribution in [-0.2, 0) is 0 Å². The van der Waals surface area contributed by atoms with Gasteiger partial charge in [0.05, 0.1) is 0 Å².